The second-order valence-electron chi connectivity index (χ2n) is 7.24. The number of thioether (sulfide) groups is 1. The Balaban J connectivity index is 3.03. The predicted octanol–water partition coefficient (Wildman–Crippen LogP) is 7.54. The topological polar surface area (TPSA) is 3.24 Å². The van der Waals surface area contributed by atoms with Crippen LogP contribution < -0.4 is 0 Å². The number of nitrogens with zero attached hydrogens (tertiary/aromatic N) is 1. The maximum Gasteiger partial charge on any atom is 0.00721 e. The molecule has 0 radical (unpaired) electrons. The molecule has 0 fully saturated rings. The third-order valence-electron chi connectivity index (χ3n) is 5.09. The van der Waals surface area contributed by atoms with E-state index in [-0.39, 0.29) is 0 Å². The molecule has 0 spiro atoms. The number of hydrogen-bond acceptors (Lipinski definition) is 2. The van der Waals surface area contributed by atoms with Crippen LogP contribution in [-0.4, -0.2) is 36.0 Å². The molecule has 0 atom stereocenters. The summed E-state index contributed by atoms with van der Waals surface area (Å²) in [6.07, 6.45) is 20.4. The smallest absolute Gasteiger partial charge is 0.00721 e. The largest absolute Gasteiger partial charge is 0.303 e. The third-order valence-corrected chi connectivity index (χ3v) is 6.14. The minimum atomic E-state index is 1.20. The molecule has 0 amide bonds. The fourth-order valence-corrected chi connectivity index (χ4v) is 4.23. The highest BCUT2D eigenvalue weighted by Gasteiger charge is 1.98. The van der Waals surface area contributed by atoms with Crippen LogP contribution in [0.5, 0.6) is 0 Å². The van der Waals surface area contributed by atoms with Crippen LogP contribution in [-0.2, 0) is 0 Å². The van der Waals surface area contributed by atoms with Crippen molar-refractivity contribution in [2.75, 3.05) is 31.1 Å². The summed E-state index contributed by atoms with van der Waals surface area (Å²) in [4.78, 5) is 2.53. The first kappa shape index (κ1) is 24.3. The molecule has 0 N–H and O–H groups in total. The zero-order valence-electron chi connectivity index (χ0n) is 17.3. The van der Waals surface area contributed by atoms with E-state index in [9.17, 15) is 0 Å². The summed E-state index contributed by atoms with van der Waals surface area (Å²) >= 11 is 2.15. The van der Waals surface area contributed by atoms with E-state index >= 15 is 0 Å². The Morgan fingerprint density at radius 3 is 1.33 bits per heavy atom. The van der Waals surface area contributed by atoms with E-state index in [4.69, 9.17) is 0 Å². The Bertz CT molecular complexity index is 216. The average Bonchev–Trinajstić information content (AvgIpc) is 2.61. The molecule has 0 aliphatic rings. The van der Waals surface area contributed by atoms with Crippen molar-refractivity contribution in [2.45, 2.75) is 111 Å². The fraction of sp³-hybridized carbons (Fsp3) is 1.00. The van der Waals surface area contributed by atoms with Crippen LogP contribution in [0.25, 0.3) is 0 Å². The lowest BCUT2D eigenvalue weighted by Crippen LogP contribution is -2.25. The van der Waals surface area contributed by atoms with Crippen LogP contribution in [0.1, 0.15) is 111 Å². The molecule has 0 saturated heterocycles. The molecule has 0 aliphatic heterocycles. The Hall–Kier alpha value is 0.310. The van der Waals surface area contributed by atoms with Gasteiger partial charge in [0.2, 0.25) is 0 Å². The molecular formula is C22H47NS. The van der Waals surface area contributed by atoms with E-state index in [0.29, 0.717) is 0 Å². The second kappa shape index (κ2) is 21.4. The van der Waals surface area contributed by atoms with Gasteiger partial charge in [-0.3, -0.25) is 0 Å². The summed E-state index contributed by atoms with van der Waals surface area (Å²) in [7, 11) is 0. The first-order valence-corrected chi connectivity index (χ1v) is 12.3. The standard InChI is InChI=1S/C22H47NS/c1-4-7-8-9-10-11-12-13-14-15-16-17-18-19-21-24-22-20-23(5-2)6-3/h4-22H2,1-3H3. The van der Waals surface area contributed by atoms with Gasteiger partial charge in [0.25, 0.3) is 0 Å². The zero-order valence-corrected chi connectivity index (χ0v) is 18.1. The molecule has 2 heteroatoms. The Kier molecular flexibility index (Phi) is 21.6. The first-order chi connectivity index (χ1) is 11.8. The van der Waals surface area contributed by atoms with Crippen LogP contribution in [0.3, 0.4) is 0 Å². The molecule has 24 heavy (non-hydrogen) atoms. The van der Waals surface area contributed by atoms with Gasteiger partial charge in [0.1, 0.15) is 0 Å². The van der Waals surface area contributed by atoms with Gasteiger partial charge in [0.15, 0.2) is 0 Å². The molecule has 0 aromatic rings. The number of unbranched alkanes of at least 4 members (excludes halogenated alkanes) is 13. The lowest BCUT2D eigenvalue weighted by atomic mass is 10.0. The van der Waals surface area contributed by atoms with E-state index in [2.05, 4.69) is 37.4 Å². The molecule has 0 aliphatic carbocycles. The van der Waals surface area contributed by atoms with Crippen molar-refractivity contribution in [3.8, 4) is 0 Å². The van der Waals surface area contributed by atoms with Gasteiger partial charge >= 0.3 is 0 Å². The predicted molar refractivity (Wildman–Crippen MR) is 115 cm³/mol. The van der Waals surface area contributed by atoms with E-state index in [1.54, 1.807) is 0 Å². The molecule has 1 nitrogen and oxygen atoms in total. The highest BCUT2D eigenvalue weighted by atomic mass is 32.2. The van der Waals surface area contributed by atoms with Crippen molar-refractivity contribution in [1.82, 2.24) is 4.90 Å². The summed E-state index contributed by atoms with van der Waals surface area (Å²) in [6.45, 7) is 10.5. The van der Waals surface area contributed by atoms with Crippen LogP contribution in [0.15, 0.2) is 0 Å². The minimum Gasteiger partial charge on any atom is -0.303 e. The highest BCUT2D eigenvalue weighted by Crippen LogP contribution is 2.14. The van der Waals surface area contributed by atoms with Crippen LogP contribution in [0, 0.1) is 0 Å². The molecule has 0 rings (SSSR count). The summed E-state index contributed by atoms with van der Waals surface area (Å²) in [5.74, 6) is 2.69. The van der Waals surface area contributed by atoms with E-state index in [0.717, 1.165) is 0 Å². The number of hydrogen-bond donors (Lipinski definition) is 0. The van der Waals surface area contributed by atoms with E-state index < -0.39 is 0 Å². The SMILES string of the molecule is CCCCCCCCCCCCCCCCSCCN(CC)CC. The van der Waals surface area contributed by atoms with Gasteiger partial charge in [0, 0.05) is 12.3 Å². The second-order valence-corrected chi connectivity index (χ2v) is 8.46. The van der Waals surface area contributed by atoms with Crippen LogP contribution in [0.4, 0.5) is 0 Å². The first-order valence-electron chi connectivity index (χ1n) is 11.1. The molecule has 0 saturated carbocycles. The summed E-state index contributed by atoms with van der Waals surface area (Å²) in [5, 5.41) is 0. The maximum absolute atomic E-state index is 2.53. The van der Waals surface area contributed by atoms with Gasteiger partial charge < -0.3 is 4.90 Å². The van der Waals surface area contributed by atoms with Crippen molar-refractivity contribution in [2.24, 2.45) is 0 Å². The summed E-state index contributed by atoms with van der Waals surface area (Å²) in [6, 6.07) is 0. The fourth-order valence-electron chi connectivity index (χ4n) is 3.23. The van der Waals surface area contributed by atoms with Gasteiger partial charge in [-0.1, -0.05) is 104 Å². The van der Waals surface area contributed by atoms with Crippen molar-refractivity contribution in [3.05, 3.63) is 0 Å². The lowest BCUT2D eigenvalue weighted by Gasteiger charge is -2.17. The van der Waals surface area contributed by atoms with E-state index in [1.807, 2.05) is 0 Å². The Morgan fingerprint density at radius 2 is 0.917 bits per heavy atom. The van der Waals surface area contributed by atoms with Crippen molar-refractivity contribution in [3.63, 3.8) is 0 Å². The maximum atomic E-state index is 2.53. The molecule has 146 valence electrons. The summed E-state index contributed by atoms with van der Waals surface area (Å²) in [5.41, 5.74) is 0. The number of rotatable bonds is 20. The van der Waals surface area contributed by atoms with Gasteiger partial charge in [-0.2, -0.15) is 11.8 Å². The van der Waals surface area contributed by atoms with Gasteiger partial charge in [0.05, 0.1) is 0 Å². The van der Waals surface area contributed by atoms with Gasteiger partial charge in [-0.15, -0.1) is 0 Å². The van der Waals surface area contributed by atoms with Crippen molar-refractivity contribution < 1.29 is 0 Å². The third kappa shape index (κ3) is 18.6. The van der Waals surface area contributed by atoms with Crippen LogP contribution >= 0.6 is 11.8 Å². The molecule has 0 heterocycles. The molecule has 0 aromatic carbocycles. The van der Waals surface area contributed by atoms with E-state index in [1.165, 1.54) is 121 Å². The average molecular weight is 358 g/mol. The van der Waals surface area contributed by atoms with Gasteiger partial charge in [-0.25, -0.2) is 0 Å². The molecule has 0 unspecified atom stereocenters. The quantitative estimate of drug-likeness (QED) is 0.207. The van der Waals surface area contributed by atoms with Crippen molar-refractivity contribution in [1.29, 1.82) is 0 Å². The minimum absolute atomic E-state index is 1.20. The molecule has 0 aromatic heterocycles. The van der Waals surface area contributed by atoms with Crippen molar-refractivity contribution >= 4 is 11.8 Å². The van der Waals surface area contributed by atoms with Crippen LogP contribution in [0.2, 0.25) is 0 Å². The normalized spacial score (nSPS) is 11.5. The lowest BCUT2D eigenvalue weighted by molar-refractivity contribution is 0.324. The monoisotopic (exact) mass is 357 g/mol. The Labute approximate surface area is 158 Å². The van der Waals surface area contributed by atoms with Gasteiger partial charge in [-0.05, 0) is 25.3 Å². The molecule has 0 bridgehead atoms. The molecular weight excluding hydrogens is 310 g/mol. The summed E-state index contributed by atoms with van der Waals surface area (Å²) < 4.78 is 0. The highest BCUT2D eigenvalue weighted by molar-refractivity contribution is 7.99. The Morgan fingerprint density at radius 1 is 0.500 bits per heavy atom. The zero-order chi connectivity index (χ0) is 17.7.